The van der Waals surface area contributed by atoms with Crippen LogP contribution >= 0.6 is 39.3 Å². The van der Waals surface area contributed by atoms with Crippen molar-refractivity contribution in [2.24, 2.45) is 0 Å². The van der Waals surface area contributed by atoms with E-state index in [4.69, 9.17) is 11.6 Å². The Kier molecular flexibility index (Phi) is 4.29. The Morgan fingerprint density at radius 2 is 2.00 bits per heavy atom. The first kappa shape index (κ1) is 11.1. The molecule has 1 aromatic carbocycles. The van der Waals surface area contributed by atoms with E-state index in [1.165, 1.54) is 11.8 Å². The number of carbonyl (C=O) groups excluding carboxylic acids is 1. The maximum Gasteiger partial charge on any atom is 0.234 e. The normalized spacial score (nSPS) is 12.5. The summed E-state index contributed by atoms with van der Waals surface area (Å²) in [6.07, 6.45) is 0. The van der Waals surface area contributed by atoms with Crippen LogP contribution in [0.2, 0.25) is 0 Å². The van der Waals surface area contributed by atoms with Gasteiger partial charge in [0.2, 0.25) is 5.24 Å². The molecule has 1 rings (SSSR count). The van der Waals surface area contributed by atoms with Crippen LogP contribution in [0.25, 0.3) is 0 Å². The molecule has 1 nitrogen and oxygen atoms in total. The third-order valence-electron chi connectivity index (χ3n) is 1.45. The van der Waals surface area contributed by atoms with Gasteiger partial charge >= 0.3 is 0 Å². The molecule has 0 aromatic heterocycles. The van der Waals surface area contributed by atoms with Gasteiger partial charge in [0.15, 0.2) is 0 Å². The summed E-state index contributed by atoms with van der Waals surface area (Å²) in [6.45, 7) is 1.79. The average molecular weight is 280 g/mol. The van der Waals surface area contributed by atoms with Gasteiger partial charge in [-0.2, -0.15) is 0 Å². The van der Waals surface area contributed by atoms with Crippen LogP contribution in [-0.2, 0) is 4.79 Å². The van der Waals surface area contributed by atoms with Crippen molar-refractivity contribution >= 4 is 44.5 Å². The standard InChI is InChI=1S/C9H8BrClOS/c1-6(9(11)12)13-8-4-2-7(10)3-5-8/h2-6H,1H3. The zero-order valence-electron chi connectivity index (χ0n) is 6.96. The van der Waals surface area contributed by atoms with Gasteiger partial charge in [-0.25, -0.2) is 0 Å². The highest BCUT2D eigenvalue weighted by atomic mass is 79.9. The Labute approximate surface area is 95.0 Å². The summed E-state index contributed by atoms with van der Waals surface area (Å²) >= 11 is 10.1. The van der Waals surface area contributed by atoms with Crippen molar-refractivity contribution in [3.8, 4) is 0 Å². The number of carbonyl (C=O) groups is 1. The highest BCUT2D eigenvalue weighted by molar-refractivity contribution is 9.10. The summed E-state index contributed by atoms with van der Waals surface area (Å²) < 4.78 is 1.03. The predicted octanol–water partition coefficient (Wildman–Crippen LogP) is 3.70. The van der Waals surface area contributed by atoms with E-state index in [9.17, 15) is 4.79 Å². The van der Waals surface area contributed by atoms with Crippen LogP contribution in [-0.4, -0.2) is 10.5 Å². The first-order valence-corrected chi connectivity index (χ1v) is 5.76. The van der Waals surface area contributed by atoms with Crippen molar-refractivity contribution < 1.29 is 4.79 Å². The van der Waals surface area contributed by atoms with Crippen LogP contribution in [0.4, 0.5) is 0 Å². The third-order valence-corrected chi connectivity index (χ3v) is 3.54. The number of hydrogen-bond donors (Lipinski definition) is 0. The minimum absolute atomic E-state index is 0.192. The van der Waals surface area contributed by atoms with Gasteiger partial charge in [0.05, 0.1) is 5.25 Å². The molecule has 13 heavy (non-hydrogen) atoms. The molecule has 0 radical (unpaired) electrons. The van der Waals surface area contributed by atoms with Gasteiger partial charge in [-0.1, -0.05) is 15.9 Å². The maximum absolute atomic E-state index is 10.8. The SMILES string of the molecule is CC(Sc1ccc(Br)cc1)C(=O)Cl. The van der Waals surface area contributed by atoms with Crippen LogP contribution in [0.15, 0.2) is 33.6 Å². The van der Waals surface area contributed by atoms with E-state index in [1.54, 1.807) is 6.92 Å². The van der Waals surface area contributed by atoms with Gasteiger partial charge in [0, 0.05) is 9.37 Å². The predicted molar refractivity (Wildman–Crippen MR) is 60.3 cm³/mol. The number of halogens is 2. The largest absolute Gasteiger partial charge is 0.280 e. The number of thioether (sulfide) groups is 1. The first-order valence-electron chi connectivity index (χ1n) is 3.71. The van der Waals surface area contributed by atoms with Crippen molar-refractivity contribution in [3.63, 3.8) is 0 Å². The van der Waals surface area contributed by atoms with E-state index in [2.05, 4.69) is 15.9 Å². The van der Waals surface area contributed by atoms with Crippen LogP contribution in [0.1, 0.15) is 6.92 Å². The third kappa shape index (κ3) is 3.71. The molecular weight excluding hydrogens is 272 g/mol. The Bertz CT molecular complexity index is 299. The fourth-order valence-electron chi connectivity index (χ4n) is 0.764. The molecule has 0 aliphatic carbocycles. The molecule has 0 heterocycles. The molecular formula is C9H8BrClOS. The molecule has 0 aliphatic heterocycles. The second kappa shape index (κ2) is 5.03. The van der Waals surface area contributed by atoms with Gasteiger partial charge in [-0.15, -0.1) is 11.8 Å². The molecule has 0 N–H and O–H groups in total. The van der Waals surface area contributed by atoms with Gasteiger partial charge in [-0.05, 0) is 42.8 Å². The monoisotopic (exact) mass is 278 g/mol. The van der Waals surface area contributed by atoms with E-state index in [0.717, 1.165) is 9.37 Å². The smallest absolute Gasteiger partial charge is 0.234 e. The summed E-state index contributed by atoms with van der Waals surface area (Å²) in [6, 6.07) is 7.78. The van der Waals surface area contributed by atoms with Gasteiger partial charge in [-0.3, -0.25) is 4.79 Å². The molecule has 0 aliphatic rings. The van der Waals surface area contributed by atoms with Crippen LogP contribution < -0.4 is 0 Å². The molecule has 0 saturated heterocycles. The number of benzene rings is 1. The molecule has 1 aromatic rings. The summed E-state index contributed by atoms with van der Waals surface area (Å²) in [7, 11) is 0. The lowest BCUT2D eigenvalue weighted by molar-refractivity contribution is -0.111. The van der Waals surface area contributed by atoms with E-state index in [-0.39, 0.29) is 10.5 Å². The van der Waals surface area contributed by atoms with E-state index < -0.39 is 0 Å². The molecule has 0 fully saturated rings. The van der Waals surface area contributed by atoms with E-state index in [0.29, 0.717) is 0 Å². The lowest BCUT2D eigenvalue weighted by Gasteiger charge is -2.05. The summed E-state index contributed by atoms with van der Waals surface area (Å²) in [4.78, 5) is 11.8. The van der Waals surface area contributed by atoms with Crippen LogP contribution in [0.3, 0.4) is 0 Å². The van der Waals surface area contributed by atoms with Crippen molar-refractivity contribution in [1.29, 1.82) is 0 Å². The highest BCUT2D eigenvalue weighted by Gasteiger charge is 2.10. The Morgan fingerprint density at radius 3 is 2.46 bits per heavy atom. The minimum atomic E-state index is -0.312. The Balaban J connectivity index is 2.64. The minimum Gasteiger partial charge on any atom is -0.280 e. The second-order valence-corrected chi connectivity index (χ2v) is 5.22. The molecule has 1 unspecified atom stereocenters. The molecule has 4 heteroatoms. The molecule has 0 bridgehead atoms. The van der Waals surface area contributed by atoms with Crippen molar-refractivity contribution in [3.05, 3.63) is 28.7 Å². The van der Waals surface area contributed by atoms with Crippen LogP contribution in [0, 0.1) is 0 Å². The first-order chi connectivity index (χ1) is 6.09. The lowest BCUT2D eigenvalue weighted by atomic mass is 10.4. The summed E-state index contributed by atoms with van der Waals surface area (Å²) in [5, 5.41) is -0.504. The second-order valence-electron chi connectivity index (χ2n) is 2.52. The summed E-state index contributed by atoms with van der Waals surface area (Å²) in [5.41, 5.74) is 0. The quantitative estimate of drug-likeness (QED) is 0.620. The maximum atomic E-state index is 10.8. The summed E-state index contributed by atoms with van der Waals surface area (Å²) in [5.74, 6) is 0. The molecule has 70 valence electrons. The Hall–Kier alpha value is 0.01000. The fourth-order valence-corrected chi connectivity index (χ4v) is 1.96. The van der Waals surface area contributed by atoms with E-state index >= 15 is 0 Å². The molecule has 0 saturated carbocycles. The van der Waals surface area contributed by atoms with Crippen LogP contribution in [0.5, 0.6) is 0 Å². The van der Waals surface area contributed by atoms with Crippen molar-refractivity contribution in [1.82, 2.24) is 0 Å². The Morgan fingerprint density at radius 1 is 1.46 bits per heavy atom. The highest BCUT2D eigenvalue weighted by Crippen LogP contribution is 2.25. The van der Waals surface area contributed by atoms with Gasteiger partial charge in [0.25, 0.3) is 0 Å². The van der Waals surface area contributed by atoms with Crippen molar-refractivity contribution in [2.75, 3.05) is 0 Å². The molecule has 1 atom stereocenters. The zero-order valence-corrected chi connectivity index (χ0v) is 10.1. The van der Waals surface area contributed by atoms with Crippen molar-refractivity contribution in [2.45, 2.75) is 17.1 Å². The number of rotatable bonds is 3. The average Bonchev–Trinajstić information content (AvgIpc) is 2.08. The number of hydrogen-bond acceptors (Lipinski definition) is 2. The lowest BCUT2D eigenvalue weighted by Crippen LogP contribution is -2.04. The van der Waals surface area contributed by atoms with Gasteiger partial charge in [0.1, 0.15) is 0 Å². The topological polar surface area (TPSA) is 17.1 Å². The zero-order chi connectivity index (χ0) is 9.84. The van der Waals surface area contributed by atoms with E-state index in [1.807, 2.05) is 24.3 Å². The fraction of sp³-hybridized carbons (Fsp3) is 0.222. The molecule has 0 spiro atoms. The van der Waals surface area contributed by atoms with Gasteiger partial charge < -0.3 is 0 Å². The molecule has 0 amide bonds.